The molecule has 1 atom stereocenters. The van der Waals surface area contributed by atoms with Gasteiger partial charge in [-0.2, -0.15) is 0 Å². The molecule has 3 aromatic carbocycles. The average molecular weight is 356 g/mol. The molecule has 0 aliphatic carbocycles. The zero-order valence-corrected chi connectivity index (χ0v) is 15.3. The van der Waals surface area contributed by atoms with Crippen LogP contribution in [-0.2, 0) is 0 Å². The van der Waals surface area contributed by atoms with Gasteiger partial charge in [0.15, 0.2) is 0 Å². The summed E-state index contributed by atoms with van der Waals surface area (Å²) in [5, 5.41) is 3.25. The van der Waals surface area contributed by atoms with Crippen molar-refractivity contribution in [2.24, 2.45) is 0 Å². The predicted octanol–water partition coefficient (Wildman–Crippen LogP) is 4.98. The van der Waals surface area contributed by atoms with E-state index in [1.165, 1.54) is 5.56 Å². The van der Waals surface area contributed by atoms with Gasteiger partial charge in [0, 0.05) is 19.0 Å². The van der Waals surface area contributed by atoms with Gasteiger partial charge in [-0.3, -0.25) is 0 Å². The van der Waals surface area contributed by atoms with E-state index in [0.29, 0.717) is 5.92 Å². The highest BCUT2D eigenvalue weighted by Gasteiger charge is 2.28. The third-order valence-electron chi connectivity index (χ3n) is 5.28. The molecular formula is C24H24N2O. The number of nitrogens with zero attached hydrogens (tertiary/aromatic N) is 1. The molecule has 1 fully saturated rings. The van der Waals surface area contributed by atoms with Gasteiger partial charge in [-0.05, 0) is 23.1 Å². The van der Waals surface area contributed by atoms with Gasteiger partial charge in [0.05, 0.1) is 6.04 Å². The van der Waals surface area contributed by atoms with Crippen LogP contribution in [0.15, 0.2) is 91.0 Å². The highest BCUT2D eigenvalue weighted by Crippen LogP contribution is 2.28. The molecule has 3 nitrogen and oxygen atoms in total. The van der Waals surface area contributed by atoms with E-state index < -0.39 is 0 Å². The molecule has 0 spiro atoms. The number of carbonyl (C=O) groups excluding carboxylic acids is 1. The summed E-state index contributed by atoms with van der Waals surface area (Å²) in [4.78, 5) is 14.9. The summed E-state index contributed by atoms with van der Waals surface area (Å²) in [5.41, 5.74) is 3.50. The van der Waals surface area contributed by atoms with E-state index in [4.69, 9.17) is 0 Å². The van der Waals surface area contributed by atoms with E-state index in [1.54, 1.807) is 0 Å². The highest BCUT2D eigenvalue weighted by atomic mass is 16.2. The normalized spacial score (nSPS) is 16.5. The molecule has 2 amide bonds. The van der Waals surface area contributed by atoms with Gasteiger partial charge < -0.3 is 10.2 Å². The van der Waals surface area contributed by atoms with E-state index >= 15 is 0 Å². The van der Waals surface area contributed by atoms with Crippen molar-refractivity contribution in [3.05, 3.63) is 108 Å². The Morgan fingerprint density at radius 2 is 1.33 bits per heavy atom. The Hall–Kier alpha value is -3.07. The Morgan fingerprint density at radius 1 is 0.815 bits per heavy atom. The van der Waals surface area contributed by atoms with Crippen LogP contribution in [0, 0.1) is 0 Å². The summed E-state index contributed by atoms with van der Waals surface area (Å²) in [6.45, 7) is 1.56. The molecule has 1 aliphatic rings. The Labute approximate surface area is 160 Å². The maximum absolute atomic E-state index is 13.0. The summed E-state index contributed by atoms with van der Waals surface area (Å²) >= 11 is 0. The predicted molar refractivity (Wildman–Crippen MR) is 109 cm³/mol. The largest absolute Gasteiger partial charge is 0.327 e. The van der Waals surface area contributed by atoms with Crippen LogP contribution in [-0.4, -0.2) is 24.0 Å². The first-order chi connectivity index (χ1) is 13.3. The number of hydrogen-bond acceptors (Lipinski definition) is 1. The van der Waals surface area contributed by atoms with Gasteiger partial charge in [-0.1, -0.05) is 91.0 Å². The minimum Gasteiger partial charge on any atom is -0.327 e. The van der Waals surface area contributed by atoms with Gasteiger partial charge in [0.2, 0.25) is 0 Å². The second-order valence-corrected chi connectivity index (χ2v) is 7.05. The number of amides is 2. The highest BCUT2D eigenvalue weighted by molar-refractivity contribution is 5.75. The van der Waals surface area contributed by atoms with Gasteiger partial charge in [0.25, 0.3) is 0 Å². The van der Waals surface area contributed by atoms with Crippen molar-refractivity contribution < 1.29 is 4.79 Å². The molecule has 136 valence electrons. The molecule has 1 heterocycles. The molecule has 1 aliphatic heterocycles. The molecule has 1 saturated heterocycles. The minimum atomic E-state index is -0.143. The van der Waals surface area contributed by atoms with E-state index in [1.807, 2.05) is 47.4 Å². The fraction of sp³-hybridized carbons (Fsp3) is 0.208. The van der Waals surface area contributed by atoms with Gasteiger partial charge >= 0.3 is 6.03 Å². The second-order valence-electron chi connectivity index (χ2n) is 7.05. The van der Waals surface area contributed by atoms with Crippen molar-refractivity contribution >= 4 is 6.03 Å². The molecule has 0 aromatic heterocycles. The van der Waals surface area contributed by atoms with Crippen LogP contribution in [0.1, 0.15) is 35.1 Å². The number of benzene rings is 3. The molecule has 1 N–H and O–H groups in total. The van der Waals surface area contributed by atoms with E-state index in [9.17, 15) is 4.79 Å². The number of likely N-dealkylation sites (tertiary alicyclic amines) is 1. The molecule has 4 rings (SSSR count). The van der Waals surface area contributed by atoms with Crippen LogP contribution in [0.5, 0.6) is 0 Å². The quantitative estimate of drug-likeness (QED) is 0.703. The molecule has 3 aromatic rings. The van der Waals surface area contributed by atoms with Crippen LogP contribution in [0.2, 0.25) is 0 Å². The lowest BCUT2D eigenvalue weighted by molar-refractivity contribution is 0.205. The molecular weight excluding hydrogens is 332 g/mol. The van der Waals surface area contributed by atoms with Gasteiger partial charge in [-0.25, -0.2) is 4.79 Å². The maximum Gasteiger partial charge on any atom is 0.318 e. The molecule has 0 radical (unpaired) electrons. The minimum absolute atomic E-state index is 0.00568. The lowest BCUT2D eigenvalue weighted by Gasteiger charge is -2.24. The summed E-state index contributed by atoms with van der Waals surface area (Å²) in [5.74, 6) is 0.420. The van der Waals surface area contributed by atoms with Crippen molar-refractivity contribution in [3.8, 4) is 0 Å². The topological polar surface area (TPSA) is 32.3 Å². The Kier molecular flexibility index (Phi) is 5.20. The average Bonchev–Trinajstić information content (AvgIpc) is 3.24. The van der Waals surface area contributed by atoms with Crippen molar-refractivity contribution in [2.75, 3.05) is 13.1 Å². The van der Waals surface area contributed by atoms with Crippen LogP contribution in [0.3, 0.4) is 0 Å². The first kappa shape index (κ1) is 17.3. The second kappa shape index (κ2) is 8.09. The third kappa shape index (κ3) is 4.03. The fourth-order valence-electron chi connectivity index (χ4n) is 3.81. The zero-order chi connectivity index (χ0) is 18.5. The van der Waals surface area contributed by atoms with Crippen LogP contribution < -0.4 is 5.32 Å². The molecule has 3 heteroatoms. The molecule has 27 heavy (non-hydrogen) atoms. The van der Waals surface area contributed by atoms with Crippen LogP contribution in [0.25, 0.3) is 0 Å². The van der Waals surface area contributed by atoms with Crippen molar-refractivity contribution in [2.45, 2.75) is 18.4 Å². The Balaban J connectivity index is 1.49. The fourth-order valence-corrected chi connectivity index (χ4v) is 3.81. The SMILES string of the molecule is O=C(NC(c1ccccc1)c1ccccc1)N1CC[C@H](c2ccccc2)C1. The lowest BCUT2D eigenvalue weighted by Crippen LogP contribution is -2.40. The van der Waals surface area contributed by atoms with Crippen molar-refractivity contribution in [1.29, 1.82) is 0 Å². The van der Waals surface area contributed by atoms with Crippen LogP contribution >= 0.6 is 0 Å². The zero-order valence-electron chi connectivity index (χ0n) is 15.3. The third-order valence-corrected chi connectivity index (χ3v) is 5.28. The van der Waals surface area contributed by atoms with Gasteiger partial charge in [-0.15, -0.1) is 0 Å². The lowest BCUT2D eigenvalue weighted by atomic mass is 9.98. The molecule has 0 bridgehead atoms. The molecule has 0 unspecified atom stereocenters. The number of urea groups is 1. The monoisotopic (exact) mass is 356 g/mol. The van der Waals surface area contributed by atoms with Crippen molar-refractivity contribution in [1.82, 2.24) is 10.2 Å². The standard InChI is InChI=1S/C24H24N2O/c27-24(26-17-16-22(18-26)19-10-4-1-5-11-19)25-23(20-12-6-2-7-13-20)21-14-8-3-9-15-21/h1-15,22-23H,16-18H2,(H,25,27)/t22-/m0/s1. The first-order valence-corrected chi connectivity index (χ1v) is 9.51. The van der Waals surface area contributed by atoms with Crippen LogP contribution in [0.4, 0.5) is 4.79 Å². The molecule has 0 saturated carbocycles. The summed E-state index contributed by atoms with van der Waals surface area (Å²) in [6, 6.07) is 30.6. The van der Waals surface area contributed by atoms with E-state index in [-0.39, 0.29) is 12.1 Å². The summed E-state index contributed by atoms with van der Waals surface area (Å²) < 4.78 is 0. The summed E-state index contributed by atoms with van der Waals surface area (Å²) in [7, 11) is 0. The van der Waals surface area contributed by atoms with E-state index in [2.05, 4.69) is 53.8 Å². The number of rotatable bonds is 4. The number of hydrogen-bond donors (Lipinski definition) is 1. The van der Waals surface area contributed by atoms with Crippen molar-refractivity contribution in [3.63, 3.8) is 0 Å². The maximum atomic E-state index is 13.0. The first-order valence-electron chi connectivity index (χ1n) is 9.51. The number of nitrogens with one attached hydrogen (secondary N) is 1. The summed E-state index contributed by atoms with van der Waals surface area (Å²) in [6.07, 6.45) is 1.01. The smallest absolute Gasteiger partial charge is 0.318 e. The number of carbonyl (C=O) groups is 1. The van der Waals surface area contributed by atoms with Gasteiger partial charge in [0.1, 0.15) is 0 Å². The van der Waals surface area contributed by atoms with E-state index in [0.717, 1.165) is 30.6 Å². The Bertz CT molecular complexity index is 825. The Morgan fingerprint density at radius 3 is 1.89 bits per heavy atom.